The number of aliphatic hydroxyl groups is 1. The van der Waals surface area contributed by atoms with Gasteiger partial charge in [-0.1, -0.05) is 19.1 Å². The Morgan fingerprint density at radius 3 is 2.21 bits per heavy atom. The van der Waals surface area contributed by atoms with Crippen LogP contribution in [0.5, 0.6) is 0 Å². The van der Waals surface area contributed by atoms with Crippen molar-refractivity contribution in [2.75, 3.05) is 0 Å². The molecule has 0 radical (unpaired) electrons. The van der Waals surface area contributed by atoms with Crippen molar-refractivity contribution in [3.05, 3.63) is 24.3 Å². The lowest BCUT2D eigenvalue weighted by Crippen LogP contribution is -2.24. The molecule has 0 saturated heterocycles. The predicted molar refractivity (Wildman–Crippen MR) is 66.7 cm³/mol. The summed E-state index contributed by atoms with van der Waals surface area (Å²) < 4.78 is 60.5. The van der Waals surface area contributed by atoms with Crippen LogP contribution in [0.4, 0.5) is 13.2 Å². The Morgan fingerprint density at radius 2 is 1.74 bits per heavy atom. The van der Waals surface area contributed by atoms with Gasteiger partial charge in [0.05, 0.1) is 11.0 Å². The van der Waals surface area contributed by atoms with E-state index in [1.165, 1.54) is 25.1 Å². The average molecular weight is 314 g/mol. The summed E-state index contributed by atoms with van der Waals surface area (Å²) in [5.74, 6) is 0. The number of hydrogen-bond donors (Lipinski definition) is 1. The second-order valence-corrected chi connectivity index (χ2v) is 7.29. The maximum atomic E-state index is 12.5. The molecule has 0 heterocycles. The highest BCUT2D eigenvalue weighted by Gasteiger charge is 2.47. The zero-order valence-electron chi connectivity index (χ0n) is 10.2. The van der Waals surface area contributed by atoms with E-state index in [0.717, 1.165) is 17.8 Å². The number of halogens is 3. The Hall–Kier alpha value is -0.730. The largest absolute Gasteiger partial charge is 0.501 e. The lowest BCUT2D eigenvalue weighted by Gasteiger charge is -2.17. The molecule has 0 aliphatic carbocycles. The van der Waals surface area contributed by atoms with Crippen molar-refractivity contribution in [2.24, 2.45) is 0 Å². The van der Waals surface area contributed by atoms with Gasteiger partial charge in [0.15, 0.2) is 0 Å². The molecular weight excluding hydrogens is 301 g/mol. The van der Waals surface area contributed by atoms with Crippen LogP contribution in [0.1, 0.15) is 13.8 Å². The van der Waals surface area contributed by atoms with E-state index >= 15 is 0 Å². The lowest BCUT2D eigenvalue weighted by atomic mass is 10.3. The van der Waals surface area contributed by atoms with E-state index in [1.807, 2.05) is 0 Å². The summed E-state index contributed by atoms with van der Waals surface area (Å²) in [4.78, 5) is -0.798. The molecule has 1 aromatic rings. The van der Waals surface area contributed by atoms with Gasteiger partial charge in [-0.2, -0.15) is 13.2 Å². The van der Waals surface area contributed by atoms with Gasteiger partial charge in [0.1, 0.15) is 0 Å². The Labute approximate surface area is 113 Å². The zero-order valence-corrected chi connectivity index (χ0v) is 11.8. The van der Waals surface area contributed by atoms with Gasteiger partial charge in [-0.05, 0) is 19.1 Å². The van der Waals surface area contributed by atoms with E-state index in [-0.39, 0.29) is 4.90 Å². The van der Waals surface area contributed by atoms with E-state index in [2.05, 4.69) is 0 Å². The normalized spacial score (nSPS) is 16.1. The van der Waals surface area contributed by atoms with E-state index in [9.17, 15) is 26.7 Å². The Bertz CT molecular complexity index is 538. The SMILES string of the molecule is CC(O)C(C)Sc1ccccc1S(=O)(=O)C(F)(F)F. The summed E-state index contributed by atoms with van der Waals surface area (Å²) in [5, 5.41) is 8.92. The maximum Gasteiger partial charge on any atom is 0.501 e. The van der Waals surface area contributed by atoms with Crippen LogP contribution in [0, 0.1) is 0 Å². The molecule has 0 aromatic heterocycles. The van der Waals surface area contributed by atoms with Crippen LogP contribution in [0.2, 0.25) is 0 Å². The van der Waals surface area contributed by atoms with Crippen LogP contribution in [0.15, 0.2) is 34.1 Å². The molecule has 108 valence electrons. The Balaban J connectivity index is 3.25. The first-order valence-corrected chi connectivity index (χ1v) is 7.68. The fourth-order valence-electron chi connectivity index (χ4n) is 1.19. The molecule has 8 heteroatoms. The van der Waals surface area contributed by atoms with Crippen LogP contribution in [-0.4, -0.2) is 30.4 Å². The highest BCUT2D eigenvalue weighted by molar-refractivity contribution is 8.01. The zero-order chi connectivity index (χ0) is 14.8. The number of benzene rings is 1. The second kappa shape index (κ2) is 5.72. The van der Waals surface area contributed by atoms with Crippen molar-refractivity contribution in [1.82, 2.24) is 0 Å². The third-order valence-electron chi connectivity index (χ3n) is 2.44. The number of sulfone groups is 1. The van der Waals surface area contributed by atoms with Gasteiger partial charge in [-0.25, -0.2) is 8.42 Å². The molecule has 1 N–H and O–H groups in total. The number of rotatable bonds is 4. The van der Waals surface area contributed by atoms with E-state index in [1.54, 1.807) is 6.92 Å². The molecule has 2 unspecified atom stereocenters. The molecule has 0 aliphatic heterocycles. The minimum Gasteiger partial charge on any atom is -0.392 e. The van der Waals surface area contributed by atoms with E-state index in [0.29, 0.717) is 0 Å². The first-order chi connectivity index (χ1) is 8.57. The summed E-state index contributed by atoms with van der Waals surface area (Å²) in [5.41, 5.74) is -5.34. The van der Waals surface area contributed by atoms with Gasteiger partial charge in [0, 0.05) is 10.1 Å². The summed E-state index contributed by atoms with van der Waals surface area (Å²) in [6.07, 6.45) is -0.772. The monoisotopic (exact) mass is 314 g/mol. The molecule has 0 amide bonds. The van der Waals surface area contributed by atoms with Crippen LogP contribution in [-0.2, 0) is 9.84 Å². The smallest absolute Gasteiger partial charge is 0.392 e. The van der Waals surface area contributed by atoms with Crippen molar-refractivity contribution < 1.29 is 26.7 Å². The van der Waals surface area contributed by atoms with Crippen molar-refractivity contribution in [3.8, 4) is 0 Å². The molecule has 1 aromatic carbocycles. The number of thioether (sulfide) groups is 1. The Morgan fingerprint density at radius 1 is 1.21 bits per heavy atom. The molecule has 0 saturated carbocycles. The first-order valence-electron chi connectivity index (χ1n) is 5.32. The second-order valence-electron chi connectivity index (χ2n) is 3.96. The van der Waals surface area contributed by atoms with Crippen LogP contribution in [0.3, 0.4) is 0 Å². The van der Waals surface area contributed by atoms with Crippen molar-refractivity contribution in [2.45, 2.75) is 40.5 Å². The number of aliphatic hydroxyl groups excluding tert-OH is 1. The number of hydrogen-bond acceptors (Lipinski definition) is 4. The Kier molecular flexibility index (Phi) is 4.91. The van der Waals surface area contributed by atoms with Gasteiger partial charge >= 0.3 is 5.51 Å². The number of alkyl halides is 3. The van der Waals surface area contributed by atoms with Gasteiger partial charge in [-0.3, -0.25) is 0 Å². The highest BCUT2D eigenvalue weighted by atomic mass is 32.2. The van der Waals surface area contributed by atoms with Crippen LogP contribution < -0.4 is 0 Å². The molecule has 3 nitrogen and oxygen atoms in total. The van der Waals surface area contributed by atoms with Crippen LogP contribution >= 0.6 is 11.8 Å². The first kappa shape index (κ1) is 16.3. The van der Waals surface area contributed by atoms with E-state index in [4.69, 9.17) is 0 Å². The maximum absolute atomic E-state index is 12.5. The van der Waals surface area contributed by atoms with Crippen molar-refractivity contribution >= 4 is 21.6 Å². The van der Waals surface area contributed by atoms with E-state index < -0.39 is 31.6 Å². The minimum atomic E-state index is -5.38. The van der Waals surface area contributed by atoms with Gasteiger partial charge in [-0.15, -0.1) is 11.8 Å². The minimum absolute atomic E-state index is 0.0202. The lowest BCUT2D eigenvalue weighted by molar-refractivity contribution is -0.0437. The quantitative estimate of drug-likeness (QED) is 0.868. The third-order valence-corrected chi connectivity index (χ3v) is 5.48. The third kappa shape index (κ3) is 3.64. The van der Waals surface area contributed by atoms with Gasteiger partial charge in [0.25, 0.3) is 9.84 Å². The van der Waals surface area contributed by atoms with Gasteiger partial charge < -0.3 is 5.11 Å². The predicted octanol–water partition coefficient (Wildman–Crippen LogP) is 2.84. The standard InChI is InChI=1S/C11H13F3O3S2/c1-7(15)8(2)18-9-5-3-4-6-10(9)19(16,17)11(12,13)14/h3-8,15H,1-2H3. The molecule has 0 bridgehead atoms. The van der Waals surface area contributed by atoms with Gasteiger partial charge in [0.2, 0.25) is 0 Å². The molecule has 19 heavy (non-hydrogen) atoms. The molecular formula is C11H13F3O3S2. The van der Waals surface area contributed by atoms with Crippen molar-refractivity contribution in [1.29, 1.82) is 0 Å². The summed E-state index contributed by atoms with van der Waals surface area (Å²) >= 11 is 0.892. The fraction of sp³-hybridized carbons (Fsp3) is 0.455. The molecule has 0 spiro atoms. The summed E-state index contributed by atoms with van der Waals surface area (Å²) in [6, 6.07) is 4.89. The molecule has 2 atom stereocenters. The molecule has 1 rings (SSSR count). The fourth-order valence-corrected chi connectivity index (χ4v) is 3.45. The summed E-state index contributed by atoms with van der Waals surface area (Å²) in [6.45, 7) is 3.09. The average Bonchev–Trinajstić information content (AvgIpc) is 2.27. The topological polar surface area (TPSA) is 54.4 Å². The molecule has 0 fully saturated rings. The highest BCUT2D eigenvalue weighted by Crippen LogP contribution is 2.37. The van der Waals surface area contributed by atoms with Crippen molar-refractivity contribution in [3.63, 3.8) is 0 Å². The molecule has 0 aliphatic rings. The summed E-state index contributed by atoms with van der Waals surface area (Å²) in [7, 11) is -5.38. The van der Waals surface area contributed by atoms with Crippen LogP contribution in [0.25, 0.3) is 0 Å².